The molecule has 3 atom stereocenters. The smallest absolute Gasteiger partial charge is 0.407 e. The van der Waals surface area contributed by atoms with Gasteiger partial charge in [0.2, 0.25) is 0 Å². The van der Waals surface area contributed by atoms with Crippen LogP contribution in [0.5, 0.6) is 5.75 Å². The normalized spacial score (nSPS) is 26.3. The van der Waals surface area contributed by atoms with E-state index < -0.39 is 18.3 Å². The Morgan fingerprint density at radius 2 is 2.04 bits per heavy atom. The SMILES string of the molecule is COc1ccc(C[C@H]2NC[C@H](O)[C@H]2OC(=O)NCCN2CC(O)C2)cc1. The molecule has 8 nitrogen and oxygen atoms in total. The molecular weight excluding hydrogens is 338 g/mol. The van der Waals surface area contributed by atoms with E-state index >= 15 is 0 Å². The number of alkyl carbamates (subject to hydrolysis) is 1. The second-order valence-corrected chi connectivity index (χ2v) is 6.84. The van der Waals surface area contributed by atoms with Gasteiger partial charge in [0.25, 0.3) is 0 Å². The van der Waals surface area contributed by atoms with Crippen LogP contribution in [0.1, 0.15) is 5.56 Å². The third-order valence-electron chi connectivity index (χ3n) is 4.86. The number of hydrogen-bond donors (Lipinski definition) is 4. The maximum absolute atomic E-state index is 12.0. The number of likely N-dealkylation sites (tertiary alicyclic amines) is 1. The van der Waals surface area contributed by atoms with Gasteiger partial charge in [0.15, 0.2) is 0 Å². The summed E-state index contributed by atoms with van der Waals surface area (Å²) in [5.41, 5.74) is 1.07. The van der Waals surface area contributed by atoms with E-state index in [2.05, 4.69) is 10.6 Å². The van der Waals surface area contributed by atoms with Gasteiger partial charge in [-0.1, -0.05) is 12.1 Å². The van der Waals surface area contributed by atoms with Gasteiger partial charge < -0.3 is 30.3 Å². The standard InChI is InChI=1S/C18H27N3O5/c1-25-14-4-2-12(3-5-14)8-15-17(16(23)9-20-15)26-18(24)19-6-7-21-10-13(22)11-21/h2-5,13,15-17,20,22-23H,6-11H2,1H3,(H,19,24)/t15-,16+,17+/m1/s1. The molecule has 2 heterocycles. The van der Waals surface area contributed by atoms with Crippen molar-refractivity contribution < 1.29 is 24.5 Å². The van der Waals surface area contributed by atoms with Crippen LogP contribution in [-0.4, -0.2) is 85.4 Å². The van der Waals surface area contributed by atoms with Gasteiger partial charge in [0.1, 0.15) is 18.0 Å². The molecule has 2 fully saturated rings. The van der Waals surface area contributed by atoms with E-state index in [1.807, 2.05) is 29.2 Å². The highest BCUT2D eigenvalue weighted by molar-refractivity contribution is 5.67. The Hall–Kier alpha value is -1.87. The van der Waals surface area contributed by atoms with E-state index in [1.54, 1.807) is 7.11 Å². The maximum Gasteiger partial charge on any atom is 0.407 e. The van der Waals surface area contributed by atoms with Crippen molar-refractivity contribution in [3.05, 3.63) is 29.8 Å². The summed E-state index contributed by atoms with van der Waals surface area (Å²) in [6, 6.07) is 7.55. The van der Waals surface area contributed by atoms with Crippen LogP contribution in [0.25, 0.3) is 0 Å². The number of aliphatic hydroxyl groups is 2. The number of ether oxygens (including phenoxy) is 2. The second-order valence-electron chi connectivity index (χ2n) is 6.84. The van der Waals surface area contributed by atoms with E-state index in [0.29, 0.717) is 39.1 Å². The quantitative estimate of drug-likeness (QED) is 0.509. The molecule has 0 aliphatic carbocycles. The number of aliphatic hydroxyl groups excluding tert-OH is 2. The zero-order valence-electron chi connectivity index (χ0n) is 14.9. The Morgan fingerprint density at radius 3 is 2.69 bits per heavy atom. The first-order valence-electron chi connectivity index (χ1n) is 8.94. The van der Waals surface area contributed by atoms with Gasteiger partial charge in [-0.05, 0) is 24.1 Å². The fraction of sp³-hybridized carbons (Fsp3) is 0.611. The zero-order chi connectivity index (χ0) is 18.5. The van der Waals surface area contributed by atoms with Crippen molar-refractivity contribution in [2.24, 2.45) is 0 Å². The molecule has 0 radical (unpaired) electrons. The van der Waals surface area contributed by atoms with Crippen molar-refractivity contribution in [2.45, 2.75) is 30.8 Å². The second kappa shape index (κ2) is 8.68. The van der Waals surface area contributed by atoms with Crippen molar-refractivity contribution in [2.75, 3.05) is 39.8 Å². The van der Waals surface area contributed by atoms with Gasteiger partial charge in [0, 0.05) is 32.7 Å². The molecule has 2 saturated heterocycles. The molecule has 1 aromatic rings. The van der Waals surface area contributed by atoms with E-state index in [1.165, 1.54) is 0 Å². The molecule has 3 rings (SSSR count). The molecule has 0 unspecified atom stereocenters. The van der Waals surface area contributed by atoms with Crippen LogP contribution >= 0.6 is 0 Å². The van der Waals surface area contributed by atoms with Gasteiger partial charge in [-0.25, -0.2) is 4.79 Å². The average molecular weight is 365 g/mol. The van der Waals surface area contributed by atoms with E-state index in [4.69, 9.17) is 9.47 Å². The van der Waals surface area contributed by atoms with Crippen molar-refractivity contribution in [3.8, 4) is 5.75 Å². The molecule has 0 bridgehead atoms. The number of rotatable bonds is 7. The molecule has 2 aliphatic rings. The van der Waals surface area contributed by atoms with E-state index in [-0.39, 0.29) is 12.1 Å². The van der Waals surface area contributed by atoms with Crippen LogP contribution in [-0.2, 0) is 11.2 Å². The fourth-order valence-corrected chi connectivity index (χ4v) is 3.34. The molecule has 1 aromatic carbocycles. The van der Waals surface area contributed by atoms with Crippen LogP contribution < -0.4 is 15.4 Å². The summed E-state index contributed by atoms with van der Waals surface area (Å²) in [5.74, 6) is 0.787. The summed E-state index contributed by atoms with van der Waals surface area (Å²) < 4.78 is 10.6. The monoisotopic (exact) mass is 365 g/mol. The van der Waals surface area contributed by atoms with Crippen LogP contribution in [0.2, 0.25) is 0 Å². The molecule has 144 valence electrons. The Labute approximate surface area is 153 Å². The van der Waals surface area contributed by atoms with Crippen LogP contribution in [0.4, 0.5) is 4.79 Å². The number of carbonyl (C=O) groups excluding carboxylic acids is 1. The topological polar surface area (TPSA) is 103 Å². The maximum atomic E-state index is 12.0. The Bertz CT molecular complexity index is 591. The molecule has 8 heteroatoms. The minimum atomic E-state index is -0.727. The van der Waals surface area contributed by atoms with Crippen molar-refractivity contribution in [3.63, 3.8) is 0 Å². The lowest BCUT2D eigenvalue weighted by Crippen LogP contribution is -2.53. The predicted molar refractivity (Wildman–Crippen MR) is 95.2 cm³/mol. The molecule has 4 N–H and O–H groups in total. The lowest BCUT2D eigenvalue weighted by Gasteiger charge is -2.35. The largest absolute Gasteiger partial charge is 0.497 e. The molecule has 2 aliphatic heterocycles. The van der Waals surface area contributed by atoms with Crippen molar-refractivity contribution in [1.82, 2.24) is 15.5 Å². The number of carbonyl (C=O) groups is 1. The van der Waals surface area contributed by atoms with Crippen molar-refractivity contribution >= 4 is 6.09 Å². The summed E-state index contributed by atoms with van der Waals surface area (Å²) in [6.45, 7) is 2.81. The number of nitrogens with one attached hydrogen (secondary N) is 2. The number of amides is 1. The number of benzene rings is 1. The summed E-state index contributed by atoms with van der Waals surface area (Å²) in [7, 11) is 1.62. The summed E-state index contributed by atoms with van der Waals surface area (Å²) >= 11 is 0. The molecule has 0 spiro atoms. The highest BCUT2D eigenvalue weighted by atomic mass is 16.6. The lowest BCUT2D eigenvalue weighted by atomic mass is 10.0. The Morgan fingerprint density at radius 1 is 1.31 bits per heavy atom. The zero-order valence-corrected chi connectivity index (χ0v) is 14.9. The third kappa shape index (κ3) is 4.85. The van der Waals surface area contributed by atoms with Gasteiger partial charge in [0.05, 0.1) is 19.3 Å². The minimum Gasteiger partial charge on any atom is -0.497 e. The van der Waals surface area contributed by atoms with Gasteiger partial charge in [-0.3, -0.25) is 4.90 Å². The summed E-state index contributed by atoms with van der Waals surface area (Å²) in [5, 5.41) is 25.3. The minimum absolute atomic E-state index is 0.144. The molecule has 0 saturated carbocycles. The summed E-state index contributed by atoms with van der Waals surface area (Å²) in [6.07, 6.45) is -1.46. The highest BCUT2D eigenvalue weighted by Gasteiger charge is 2.37. The first-order chi connectivity index (χ1) is 12.5. The summed E-state index contributed by atoms with van der Waals surface area (Å²) in [4.78, 5) is 14.1. The Balaban J connectivity index is 1.45. The predicted octanol–water partition coefficient (Wildman–Crippen LogP) is -0.658. The number of methoxy groups -OCH3 is 1. The van der Waals surface area contributed by atoms with Gasteiger partial charge >= 0.3 is 6.09 Å². The molecular formula is C18H27N3O5. The van der Waals surface area contributed by atoms with Crippen LogP contribution in [0.3, 0.4) is 0 Å². The molecule has 1 amide bonds. The number of β-amino-alcohol motifs (C(OH)–C–C–N with tert-alkyl or cyclic N) is 2. The Kier molecular flexibility index (Phi) is 6.31. The van der Waals surface area contributed by atoms with E-state index in [9.17, 15) is 15.0 Å². The molecule has 26 heavy (non-hydrogen) atoms. The lowest BCUT2D eigenvalue weighted by molar-refractivity contribution is 0.000860. The number of hydrogen-bond acceptors (Lipinski definition) is 7. The number of nitrogens with zero attached hydrogens (tertiary/aromatic N) is 1. The fourth-order valence-electron chi connectivity index (χ4n) is 3.34. The van der Waals surface area contributed by atoms with Gasteiger partial charge in [-0.15, -0.1) is 0 Å². The van der Waals surface area contributed by atoms with Crippen molar-refractivity contribution in [1.29, 1.82) is 0 Å². The van der Waals surface area contributed by atoms with Gasteiger partial charge in [-0.2, -0.15) is 0 Å². The average Bonchev–Trinajstić information content (AvgIpc) is 2.94. The van der Waals surface area contributed by atoms with Crippen LogP contribution in [0, 0.1) is 0 Å². The van der Waals surface area contributed by atoms with E-state index in [0.717, 1.165) is 11.3 Å². The first-order valence-corrected chi connectivity index (χ1v) is 8.94. The third-order valence-corrected chi connectivity index (χ3v) is 4.86. The highest BCUT2D eigenvalue weighted by Crippen LogP contribution is 2.19. The molecule has 0 aromatic heterocycles. The first kappa shape index (κ1) is 18.9. The van der Waals surface area contributed by atoms with Crippen LogP contribution in [0.15, 0.2) is 24.3 Å².